The number of carbonyl (C=O) groups is 1. The van der Waals surface area contributed by atoms with Gasteiger partial charge in [0.05, 0.1) is 18.6 Å². The van der Waals surface area contributed by atoms with E-state index in [1.807, 2.05) is 19.1 Å². The zero-order valence-corrected chi connectivity index (χ0v) is 19.4. The Labute approximate surface area is 186 Å². The van der Waals surface area contributed by atoms with Crippen molar-refractivity contribution in [1.29, 1.82) is 0 Å². The van der Waals surface area contributed by atoms with E-state index in [4.69, 9.17) is 9.15 Å². The summed E-state index contributed by atoms with van der Waals surface area (Å²) in [5.74, 6) is 1.54. The number of oxazole rings is 1. The first-order valence-corrected chi connectivity index (χ1v) is 11.7. The molecule has 0 amide bonds. The van der Waals surface area contributed by atoms with Gasteiger partial charge in [0.15, 0.2) is 0 Å². The number of ether oxygens (including phenoxy) is 1. The number of hydrogen-bond donors (Lipinski definition) is 1. The Morgan fingerprint density at radius 2 is 1.97 bits per heavy atom. The molecule has 1 aromatic carbocycles. The molecule has 1 aromatic heterocycles. The monoisotopic (exact) mass is 427 g/mol. The smallest absolute Gasteiger partial charge is 0.306 e. The molecule has 3 atom stereocenters. The van der Waals surface area contributed by atoms with Crippen molar-refractivity contribution in [1.82, 2.24) is 4.98 Å². The van der Waals surface area contributed by atoms with Gasteiger partial charge in [-0.1, -0.05) is 44.4 Å². The lowest BCUT2D eigenvalue weighted by atomic mass is 9.81. The normalized spacial score (nSPS) is 20.2. The first kappa shape index (κ1) is 23.5. The Hall–Kier alpha value is -2.14. The van der Waals surface area contributed by atoms with Gasteiger partial charge in [0.25, 0.3) is 0 Å². The molecule has 0 aliphatic heterocycles. The summed E-state index contributed by atoms with van der Waals surface area (Å²) in [6.45, 7) is 8.65. The van der Waals surface area contributed by atoms with Crippen molar-refractivity contribution in [2.45, 2.75) is 85.4 Å². The van der Waals surface area contributed by atoms with Crippen LogP contribution < -0.4 is 0 Å². The molecule has 1 aliphatic rings. The first-order valence-electron chi connectivity index (χ1n) is 11.7. The van der Waals surface area contributed by atoms with E-state index in [1.54, 1.807) is 0 Å². The molecule has 0 saturated heterocycles. The van der Waals surface area contributed by atoms with Gasteiger partial charge in [-0.2, -0.15) is 0 Å². The van der Waals surface area contributed by atoms with Crippen LogP contribution in [0.3, 0.4) is 0 Å². The average Bonchev–Trinajstić information content (AvgIpc) is 3.10. The molecule has 3 rings (SSSR count). The zero-order valence-electron chi connectivity index (χ0n) is 19.4. The zero-order chi connectivity index (χ0) is 22.4. The van der Waals surface area contributed by atoms with Crippen LogP contribution in [0, 0.1) is 31.6 Å². The molecular formula is C26H37NO4. The predicted octanol–water partition coefficient (Wildman–Crippen LogP) is 6.56. The van der Waals surface area contributed by atoms with Gasteiger partial charge < -0.3 is 14.3 Å². The lowest BCUT2D eigenvalue weighted by Gasteiger charge is -2.30. The van der Waals surface area contributed by atoms with Crippen LogP contribution in [0.1, 0.15) is 75.8 Å². The quantitative estimate of drug-likeness (QED) is 0.465. The predicted molar refractivity (Wildman–Crippen MR) is 122 cm³/mol. The number of carboxylic acids is 1. The van der Waals surface area contributed by atoms with E-state index < -0.39 is 5.97 Å². The molecule has 31 heavy (non-hydrogen) atoms. The molecule has 5 heteroatoms. The summed E-state index contributed by atoms with van der Waals surface area (Å²) < 4.78 is 12.1. The molecule has 0 spiro atoms. The number of carboxylic acid groups (broad SMARTS) is 1. The van der Waals surface area contributed by atoms with Crippen molar-refractivity contribution in [3.63, 3.8) is 0 Å². The number of aryl methyl sites for hydroxylation is 2. The van der Waals surface area contributed by atoms with Gasteiger partial charge in [-0.3, -0.25) is 4.79 Å². The number of rotatable bonds is 10. The molecule has 2 aromatic rings. The molecule has 0 bridgehead atoms. The summed E-state index contributed by atoms with van der Waals surface area (Å²) >= 11 is 0. The number of nitrogens with zero attached hydrogens (tertiary/aromatic N) is 1. The Bertz CT molecular complexity index is 840. The SMILES string of the molecule is Cc1ccc(-c2nc(CO[C@@H]3CCC[C@H](CCC(CC(C)C)C(=O)O)C3)c(C)o2)cc1. The lowest BCUT2D eigenvalue weighted by Crippen LogP contribution is -2.24. The van der Waals surface area contributed by atoms with E-state index in [0.29, 0.717) is 24.3 Å². The van der Waals surface area contributed by atoms with E-state index >= 15 is 0 Å². The highest BCUT2D eigenvalue weighted by Gasteiger charge is 2.26. The third-order valence-corrected chi connectivity index (χ3v) is 6.41. The maximum Gasteiger partial charge on any atom is 0.306 e. The molecule has 1 N–H and O–H groups in total. The van der Waals surface area contributed by atoms with Gasteiger partial charge in [-0.15, -0.1) is 0 Å². The van der Waals surface area contributed by atoms with E-state index in [9.17, 15) is 9.90 Å². The third-order valence-electron chi connectivity index (χ3n) is 6.41. The van der Waals surface area contributed by atoms with Crippen molar-refractivity contribution in [2.75, 3.05) is 0 Å². The second kappa shape index (κ2) is 10.9. The molecule has 1 unspecified atom stereocenters. The van der Waals surface area contributed by atoms with Crippen LogP contribution in [0.2, 0.25) is 0 Å². The van der Waals surface area contributed by atoms with Crippen LogP contribution in [0.5, 0.6) is 0 Å². The van der Waals surface area contributed by atoms with E-state index in [2.05, 4.69) is 37.9 Å². The Morgan fingerprint density at radius 3 is 2.65 bits per heavy atom. The van der Waals surface area contributed by atoms with Crippen LogP contribution >= 0.6 is 0 Å². The summed E-state index contributed by atoms with van der Waals surface area (Å²) in [7, 11) is 0. The highest BCUT2D eigenvalue weighted by Crippen LogP contribution is 2.32. The number of benzene rings is 1. The fourth-order valence-electron chi connectivity index (χ4n) is 4.58. The maximum absolute atomic E-state index is 11.5. The number of aliphatic carboxylic acids is 1. The largest absolute Gasteiger partial charge is 0.481 e. The van der Waals surface area contributed by atoms with Crippen molar-refractivity contribution < 1.29 is 19.1 Å². The average molecular weight is 428 g/mol. The highest BCUT2D eigenvalue weighted by molar-refractivity contribution is 5.69. The molecule has 1 heterocycles. The summed E-state index contributed by atoms with van der Waals surface area (Å²) in [5, 5.41) is 9.50. The Kier molecular flexibility index (Phi) is 8.30. The maximum atomic E-state index is 11.5. The molecule has 170 valence electrons. The lowest BCUT2D eigenvalue weighted by molar-refractivity contribution is -0.142. The second-order valence-electron chi connectivity index (χ2n) is 9.60. The van der Waals surface area contributed by atoms with Crippen molar-refractivity contribution >= 4 is 5.97 Å². The summed E-state index contributed by atoms with van der Waals surface area (Å²) in [5.41, 5.74) is 3.05. The minimum Gasteiger partial charge on any atom is -0.481 e. The van der Waals surface area contributed by atoms with Crippen molar-refractivity contribution in [3.8, 4) is 11.5 Å². The molecule has 1 saturated carbocycles. The van der Waals surface area contributed by atoms with Gasteiger partial charge in [0, 0.05) is 5.56 Å². The molecular weight excluding hydrogens is 390 g/mol. The number of hydrogen-bond acceptors (Lipinski definition) is 4. The van der Waals surface area contributed by atoms with Crippen LogP contribution in [0.25, 0.3) is 11.5 Å². The van der Waals surface area contributed by atoms with Gasteiger partial charge in [-0.05, 0) is 69.9 Å². The minimum absolute atomic E-state index is 0.214. The van der Waals surface area contributed by atoms with E-state index in [1.165, 1.54) is 12.0 Å². The Morgan fingerprint density at radius 1 is 1.23 bits per heavy atom. The van der Waals surface area contributed by atoms with E-state index in [0.717, 1.165) is 55.5 Å². The fourth-order valence-corrected chi connectivity index (χ4v) is 4.58. The topological polar surface area (TPSA) is 72.6 Å². The summed E-state index contributed by atoms with van der Waals surface area (Å²) in [6, 6.07) is 8.17. The molecule has 5 nitrogen and oxygen atoms in total. The summed E-state index contributed by atoms with van der Waals surface area (Å²) in [4.78, 5) is 16.2. The van der Waals surface area contributed by atoms with Crippen molar-refractivity contribution in [2.24, 2.45) is 17.8 Å². The fraction of sp³-hybridized carbons (Fsp3) is 0.615. The first-order chi connectivity index (χ1) is 14.8. The molecule has 0 radical (unpaired) electrons. The van der Waals surface area contributed by atoms with Gasteiger partial charge >= 0.3 is 5.97 Å². The number of aromatic nitrogens is 1. The highest BCUT2D eigenvalue weighted by atomic mass is 16.5. The molecule has 1 fully saturated rings. The van der Waals surface area contributed by atoms with Crippen molar-refractivity contribution in [3.05, 3.63) is 41.3 Å². The van der Waals surface area contributed by atoms with Gasteiger partial charge in [-0.25, -0.2) is 4.98 Å². The minimum atomic E-state index is -0.650. The van der Waals surface area contributed by atoms with Crippen LogP contribution in [0.4, 0.5) is 0 Å². The van der Waals surface area contributed by atoms with Crippen LogP contribution in [-0.4, -0.2) is 22.2 Å². The molecule has 1 aliphatic carbocycles. The van der Waals surface area contributed by atoms with E-state index in [-0.39, 0.29) is 12.0 Å². The van der Waals surface area contributed by atoms with Gasteiger partial charge in [0.1, 0.15) is 11.5 Å². The van der Waals surface area contributed by atoms with Gasteiger partial charge in [0.2, 0.25) is 5.89 Å². The standard InChI is InChI=1S/C26H37NO4/c1-17(2)14-22(26(28)29)13-10-20-6-5-7-23(15-20)30-16-24-19(4)31-25(27-24)21-11-8-18(3)9-12-21/h8-9,11-12,17,20,22-23H,5-7,10,13-16H2,1-4H3,(H,28,29)/t20-,22?,23-/m1/s1. The summed E-state index contributed by atoms with van der Waals surface area (Å²) in [6.07, 6.45) is 7.11. The van der Waals surface area contributed by atoms with Crippen LogP contribution in [0.15, 0.2) is 28.7 Å². The second-order valence-corrected chi connectivity index (χ2v) is 9.60. The third kappa shape index (κ3) is 6.93. The van der Waals surface area contributed by atoms with Crippen LogP contribution in [-0.2, 0) is 16.1 Å². The Balaban J connectivity index is 1.50.